The maximum Gasteiger partial charge on any atom is 0.257 e. The topological polar surface area (TPSA) is 55.6 Å². The molecule has 0 radical (unpaired) electrons. The molecule has 0 aliphatic heterocycles. The summed E-state index contributed by atoms with van der Waals surface area (Å²) in [7, 11) is 0. The Kier molecular flexibility index (Phi) is 9.45. The lowest BCUT2D eigenvalue weighted by Gasteiger charge is -2.25. The molecule has 0 aromatic heterocycles. The number of rotatable bonds is 11. The van der Waals surface area contributed by atoms with Gasteiger partial charge in [0.05, 0.1) is 5.56 Å². The molecule has 2 N–H and O–H groups in total. The minimum atomic E-state index is -0.0709. The molecule has 4 nitrogen and oxygen atoms in total. The van der Waals surface area contributed by atoms with Gasteiger partial charge in [-0.05, 0) is 66.6 Å². The van der Waals surface area contributed by atoms with Gasteiger partial charge in [-0.25, -0.2) is 0 Å². The monoisotopic (exact) mass is 516 g/mol. The second-order valence-electron chi connectivity index (χ2n) is 8.30. The highest BCUT2D eigenvalue weighted by molar-refractivity contribution is 7.99. The first-order valence-electron chi connectivity index (χ1n) is 11.9. The van der Waals surface area contributed by atoms with Crippen molar-refractivity contribution in [2.75, 3.05) is 13.1 Å². The molecular formula is C30H29ClN2O2S. The number of nitrogens with two attached hydrogens (primary N) is 1. The molecule has 0 spiro atoms. The van der Waals surface area contributed by atoms with Gasteiger partial charge in [0.1, 0.15) is 12.4 Å². The summed E-state index contributed by atoms with van der Waals surface area (Å²) in [5.41, 5.74) is 8.49. The van der Waals surface area contributed by atoms with Gasteiger partial charge in [0.25, 0.3) is 5.91 Å². The molecule has 0 aliphatic rings. The summed E-state index contributed by atoms with van der Waals surface area (Å²) in [5, 5.41) is 0.708. The number of para-hydroxylation sites is 1. The number of hydrogen-bond acceptors (Lipinski definition) is 4. The zero-order valence-corrected chi connectivity index (χ0v) is 21.6. The van der Waals surface area contributed by atoms with E-state index in [2.05, 4.69) is 12.1 Å². The normalized spacial score (nSPS) is 10.7. The first-order valence-corrected chi connectivity index (χ1v) is 13.1. The highest BCUT2D eigenvalue weighted by Gasteiger charge is 2.21. The summed E-state index contributed by atoms with van der Waals surface area (Å²) in [6.45, 7) is 1.94. The van der Waals surface area contributed by atoms with Crippen molar-refractivity contribution in [2.24, 2.45) is 5.73 Å². The molecule has 0 saturated carbocycles. The van der Waals surface area contributed by atoms with E-state index in [4.69, 9.17) is 22.1 Å². The third-order valence-corrected chi connectivity index (χ3v) is 7.03. The molecule has 0 bridgehead atoms. The van der Waals surface area contributed by atoms with Crippen LogP contribution in [-0.2, 0) is 13.2 Å². The number of hydrogen-bond donors (Lipinski definition) is 1. The van der Waals surface area contributed by atoms with E-state index in [-0.39, 0.29) is 5.91 Å². The van der Waals surface area contributed by atoms with E-state index in [0.29, 0.717) is 49.0 Å². The van der Waals surface area contributed by atoms with Crippen molar-refractivity contribution in [3.63, 3.8) is 0 Å². The second-order valence-corrected chi connectivity index (χ2v) is 9.85. The Bertz CT molecular complexity index is 1270. The zero-order chi connectivity index (χ0) is 25.2. The highest BCUT2D eigenvalue weighted by Crippen LogP contribution is 2.32. The summed E-state index contributed by atoms with van der Waals surface area (Å²) in [5.74, 6) is 0.506. The van der Waals surface area contributed by atoms with Gasteiger partial charge in [-0.15, -0.1) is 0 Å². The fourth-order valence-corrected chi connectivity index (χ4v) is 4.84. The van der Waals surface area contributed by atoms with Crippen LogP contribution in [0.3, 0.4) is 0 Å². The summed E-state index contributed by atoms with van der Waals surface area (Å²) in [6.07, 6.45) is 0.714. The van der Waals surface area contributed by atoms with E-state index in [0.717, 1.165) is 20.9 Å². The van der Waals surface area contributed by atoms with Gasteiger partial charge in [-0.1, -0.05) is 84.0 Å². The Balaban J connectivity index is 1.55. The van der Waals surface area contributed by atoms with E-state index < -0.39 is 0 Å². The molecule has 4 aromatic carbocycles. The maximum atomic E-state index is 13.8. The Hall–Kier alpha value is -3.25. The van der Waals surface area contributed by atoms with Gasteiger partial charge in [-0.2, -0.15) is 0 Å². The maximum absolute atomic E-state index is 13.8. The number of amides is 1. The lowest BCUT2D eigenvalue weighted by molar-refractivity contribution is 0.0736. The Morgan fingerprint density at radius 1 is 0.861 bits per heavy atom. The predicted octanol–water partition coefficient (Wildman–Crippen LogP) is 7.06. The predicted molar refractivity (Wildman–Crippen MR) is 148 cm³/mol. The smallest absolute Gasteiger partial charge is 0.257 e. The van der Waals surface area contributed by atoms with Gasteiger partial charge in [0, 0.05) is 27.9 Å². The lowest BCUT2D eigenvalue weighted by Crippen LogP contribution is -2.33. The van der Waals surface area contributed by atoms with Gasteiger partial charge < -0.3 is 15.4 Å². The Morgan fingerprint density at radius 2 is 1.56 bits per heavy atom. The number of carbonyl (C=O) groups is 1. The molecule has 0 heterocycles. The van der Waals surface area contributed by atoms with Crippen molar-refractivity contribution in [3.05, 3.63) is 125 Å². The van der Waals surface area contributed by atoms with Crippen LogP contribution in [-0.4, -0.2) is 23.9 Å². The van der Waals surface area contributed by atoms with Crippen LogP contribution in [0, 0.1) is 0 Å². The van der Waals surface area contributed by atoms with Crippen molar-refractivity contribution >= 4 is 29.3 Å². The number of halogens is 1. The summed E-state index contributed by atoms with van der Waals surface area (Å²) in [6, 6.07) is 33.3. The van der Waals surface area contributed by atoms with Crippen LogP contribution in [0.25, 0.3) is 0 Å². The van der Waals surface area contributed by atoms with Crippen LogP contribution >= 0.6 is 23.4 Å². The number of benzene rings is 4. The van der Waals surface area contributed by atoms with Crippen LogP contribution in [0.5, 0.6) is 5.75 Å². The van der Waals surface area contributed by atoms with Crippen molar-refractivity contribution in [1.29, 1.82) is 0 Å². The second kappa shape index (κ2) is 13.2. The third kappa shape index (κ3) is 7.14. The third-order valence-electron chi connectivity index (χ3n) is 5.65. The van der Waals surface area contributed by atoms with E-state index in [9.17, 15) is 4.79 Å². The van der Waals surface area contributed by atoms with Gasteiger partial charge in [-0.3, -0.25) is 4.79 Å². The average Bonchev–Trinajstić information content (AvgIpc) is 2.92. The largest absolute Gasteiger partial charge is 0.488 e. The lowest BCUT2D eigenvalue weighted by atomic mass is 10.1. The number of carbonyl (C=O) groups excluding carboxylic acids is 1. The molecule has 184 valence electrons. The fraction of sp³-hybridized carbons (Fsp3) is 0.167. The molecule has 0 aliphatic carbocycles. The van der Waals surface area contributed by atoms with Crippen molar-refractivity contribution in [2.45, 2.75) is 29.4 Å². The standard InChI is InChI=1S/C30H29ClN2O2S/c31-25-15-17-26(18-16-25)36-29-14-7-4-11-24(29)21-33(20-8-19-32)30(34)27-12-5-6-13-28(27)35-22-23-9-2-1-3-10-23/h1-7,9-18H,8,19-22,32H2. The number of ether oxygens (including phenoxy) is 1. The van der Waals surface area contributed by atoms with Gasteiger partial charge in [0.2, 0.25) is 0 Å². The van der Waals surface area contributed by atoms with Crippen LogP contribution in [0.4, 0.5) is 0 Å². The molecule has 0 unspecified atom stereocenters. The van der Waals surface area contributed by atoms with Crippen molar-refractivity contribution < 1.29 is 9.53 Å². The number of nitrogens with zero attached hydrogens (tertiary/aromatic N) is 1. The summed E-state index contributed by atoms with van der Waals surface area (Å²) >= 11 is 7.71. The Morgan fingerprint density at radius 3 is 2.33 bits per heavy atom. The van der Waals surface area contributed by atoms with E-state index >= 15 is 0 Å². The molecule has 36 heavy (non-hydrogen) atoms. The molecule has 0 atom stereocenters. The van der Waals surface area contributed by atoms with Crippen LogP contribution < -0.4 is 10.5 Å². The summed E-state index contributed by atoms with van der Waals surface area (Å²) in [4.78, 5) is 17.8. The first-order chi connectivity index (χ1) is 17.6. The zero-order valence-electron chi connectivity index (χ0n) is 20.0. The van der Waals surface area contributed by atoms with E-state index in [1.807, 2.05) is 95.9 Å². The van der Waals surface area contributed by atoms with Crippen LogP contribution in [0.1, 0.15) is 27.9 Å². The fourth-order valence-electron chi connectivity index (χ4n) is 3.78. The molecule has 0 saturated heterocycles. The summed E-state index contributed by atoms with van der Waals surface area (Å²) < 4.78 is 6.07. The van der Waals surface area contributed by atoms with Crippen LogP contribution in [0.2, 0.25) is 5.02 Å². The van der Waals surface area contributed by atoms with Crippen molar-refractivity contribution in [3.8, 4) is 5.75 Å². The van der Waals surface area contributed by atoms with Gasteiger partial charge in [0.15, 0.2) is 0 Å². The Labute approximate surface area is 222 Å². The molecule has 4 aromatic rings. The first kappa shape index (κ1) is 25.8. The molecule has 1 amide bonds. The molecule has 6 heteroatoms. The molecular weight excluding hydrogens is 488 g/mol. The van der Waals surface area contributed by atoms with Crippen molar-refractivity contribution in [1.82, 2.24) is 4.90 Å². The quantitative estimate of drug-likeness (QED) is 0.232. The van der Waals surface area contributed by atoms with E-state index in [1.54, 1.807) is 11.8 Å². The minimum Gasteiger partial charge on any atom is -0.488 e. The SMILES string of the molecule is NCCCN(Cc1ccccc1Sc1ccc(Cl)cc1)C(=O)c1ccccc1OCc1ccccc1. The highest BCUT2D eigenvalue weighted by atomic mass is 35.5. The van der Waals surface area contributed by atoms with Crippen LogP contribution in [0.15, 0.2) is 113 Å². The average molecular weight is 517 g/mol. The van der Waals surface area contributed by atoms with E-state index in [1.165, 1.54) is 0 Å². The molecule has 0 fully saturated rings. The van der Waals surface area contributed by atoms with Gasteiger partial charge >= 0.3 is 0 Å². The molecule has 4 rings (SSSR count). The minimum absolute atomic E-state index is 0.0709.